The van der Waals surface area contributed by atoms with Crippen molar-refractivity contribution in [3.63, 3.8) is 0 Å². The summed E-state index contributed by atoms with van der Waals surface area (Å²) in [6.07, 6.45) is 14.5. The molecule has 0 saturated carbocycles. The van der Waals surface area contributed by atoms with Gasteiger partial charge in [-0.2, -0.15) is 0 Å². The van der Waals surface area contributed by atoms with Crippen molar-refractivity contribution in [3.8, 4) is 0 Å². The van der Waals surface area contributed by atoms with E-state index < -0.39 is 0 Å². The molecule has 0 saturated heterocycles. The SMILES string of the molecule is CCCCCCCCCCCC[N+](CC)(CC)CC.Cl.N. The fourth-order valence-corrected chi connectivity index (χ4v) is 3.08. The maximum Gasteiger partial charge on any atom is 0.0786 e. The molecule has 0 aromatic carbocycles. The molecule has 0 aliphatic rings. The van der Waals surface area contributed by atoms with Crippen LogP contribution in [0.5, 0.6) is 0 Å². The second-order valence-electron chi connectivity index (χ2n) is 6.20. The summed E-state index contributed by atoms with van der Waals surface area (Å²) in [6, 6.07) is 0. The molecule has 0 rings (SSSR count). The van der Waals surface area contributed by atoms with Gasteiger partial charge in [-0.1, -0.05) is 58.3 Å². The highest BCUT2D eigenvalue weighted by atomic mass is 35.5. The first-order chi connectivity index (χ1) is 9.24. The zero-order valence-corrected chi connectivity index (χ0v) is 16.3. The number of halogens is 1. The summed E-state index contributed by atoms with van der Waals surface area (Å²) in [4.78, 5) is 0. The standard InChI is InChI=1S/C18H40N.ClH.H3N/c1-5-9-10-11-12-13-14-15-16-17-18-19(6-2,7-3)8-4;;/h5-18H2,1-4H3;1H;1H3/q+1;;. The number of hydrogen-bond acceptors (Lipinski definition) is 1. The summed E-state index contributed by atoms with van der Waals surface area (Å²) in [5, 5.41) is 0. The van der Waals surface area contributed by atoms with Crippen LogP contribution in [0.4, 0.5) is 0 Å². The van der Waals surface area contributed by atoms with Gasteiger partial charge in [0.25, 0.3) is 0 Å². The van der Waals surface area contributed by atoms with Crippen LogP contribution in [0.2, 0.25) is 0 Å². The van der Waals surface area contributed by atoms with Crippen LogP contribution in [0, 0.1) is 0 Å². The Bertz CT molecular complexity index is 174. The van der Waals surface area contributed by atoms with Crippen LogP contribution < -0.4 is 6.15 Å². The average Bonchev–Trinajstić information content (AvgIpc) is 2.46. The molecule has 0 atom stereocenters. The smallest absolute Gasteiger partial charge is 0.0786 e. The van der Waals surface area contributed by atoms with Crippen LogP contribution in [-0.2, 0) is 0 Å². The molecule has 3 N–H and O–H groups in total. The Morgan fingerprint density at radius 3 is 1.19 bits per heavy atom. The van der Waals surface area contributed by atoms with Crippen LogP contribution in [0.3, 0.4) is 0 Å². The minimum Gasteiger partial charge on any atom is -0.344 e. The number of nitrogens with zero attached hydrogens (tertiary/aromatic N) is 1. The van der Waals surface area contributed by atoms with Crippen LogP contribution in [0.25, 0.3) is 0 Å². The minimum absolute atomic E-state index is 0. The first-order valence-corrected chi connectivity index (χ1v) is 9.09. The molecule has 21 heavy (non-hydrogen) atoms. The van der Waals surface area contributed by atoms with Crippen molar-refractivity contribution in [1.29, 1.82) is 0 Å². The van der Waals surface area contributed by atoms with E-state index in [0.717, 1.165) is 0 Å². The molecular formula is C18H44ClN2+. The Morgan fingerprint density at radius 2 is 0.857 bits per heavy atom. The van der Waals surface area contributed by atoms with Gasteiger partial charge in [-0.05, 0) is 33.6 Å². The lowest BCUT2D eigenvalue weighted by Gasteiger charge is -2.35. The van der Waals surface area contributed by atoms with Gasteiger partial charge in [0.05, 0.1) is 26.2 Å². The Kier molecular flexibility index (Phi) is 22.7. The van der Waals surface area contributed by atoms with Crippen LogP contribution in [-0.4, -0.2) is 30.7 Å². The maximum absolute atomic E-state index is 2.35. The lowest BCUT2D eigenvalue weighted by molar-refractivity contribution is -0.923. The molecule has 0 aliphatic heterocycles. The third-order valence-corrected chi connectivity index (χ3v) is 5.00. The third kappa shape index (κ3) is 13.6. The van der Waals surface area contributed by atoms with Crippen molar-refractivity contribution in [2.24, 2.45) is 0 Å². The van der Waals surface area contributed by atoms with E-state index in [-0.39, 0.29) is 18.6 Å². The van der Waals surface area contributed by atoms with Gasteiger partial charge in [0.2, 0.25) is 0 Å². The normalized spacial score (nSPS) is 10.9. The molecule has 132 valence electrons. The highest BCUT2D eigenvalue weighted by Gasteiger charge is 2.19. The third-order valence-electron chi connectivity index (χ3n) is 5.00. The largest absolute Gasteiger partial charge is 0.344 e. The van der Waals surface area contributed by atoms with Gasteiger partial charge < -0.3 is 10.6 Å². The van der Waals surface area contributed by atoms with E-state index in [1.165, 1.54) is 94.9 Å². The maximum atomic E-state index is 2.35. The zero-order valence-electron chi connectivity index (χ0n) is 15.5. The van der Waals surface area contributed by atoms with Gasteiger partial charge in [-0.25, -0.2) is 0 Å². The van der Waals surface area contributed by atoms with E-state index in [2.05, 4.69) is 27.7 Å². The molecular weight excluding hydrogens is 280 g/mol. The van der Waals surface area contributed by atoms with Crippen molar-refractivity contribution < 1.29 is 4.48 Å². The molecule has 0 aromatic rings. The number of quaternary nitrogens is 1. The quantitative estimate of drug-likeness (QED) is 0.292. The topological polar surface area (TPSA) is 35.0 Å². The summed E-state index contributed by atoms with van der Waals surface area (Å²) < 4.78 is 1.33. The molecule has 0 unspecified atom stereocenters. The first kappa shape index (κ1) is 26.1. The number of hydrogen-bond donors (Lipinski definition) is 1. The fourth-order valence-electron chi connectivity index (χ4n) is 3.08. The summed E-state index contributed by atoms with van der Waals surface area (Å²) in [6.45, 7) is 14.7. The Morgan fingerprint density at radius 1 is 0.524 bits per heavy atom. The van der Waals surface area contributed by atoms with Crippen LogP contribution >= 0.6 is 12.4 Å². The first-order valence-electron chi connectivity index (χ1n) is 9.09. The van der Waals surface area contributed by atoms with E-state index in [9.17, 15) is 0 Å². The molecule has 2 nitrogen and oxygen atoms in total. The molecule has 0 bridgehead atoms. The fraction of sp³-hybridized carbons (Fsp3) is 1.00. The van der Waals surface area contributed by atoms with Crippen molar-refractivity contribution in [1.82, 2.24) is 6.15 Å². The van der Waals surface area contributed by atoms with E-state index in [0.29, 0.717) is 0 Å². The van der Waals surface area contributed by atoms with Gasteiger partial charge in [-0.3, -0.25) is 0 Å². The highest BCUT2D eigenvalue weighted by molar-refractivity contribution is 5.85. The molecule has 0 fully saturated rings. The molecule has 3 heteroatoms. The average molecular weight is 324 g/mol. The van der Waals surface area contributed by atoms with Gasteiger partial charge in [-0.15, -0.1) is 12.4 Å². The van der Waals surface area contributed by atoms with Crippen molar-refractivity contribution in [2.45, 2.75) is 91.9 Å². The van der Waals surface area contributed by atoms with E-state index in [1.807, 2.05) is 0 Å². The molecule has 0 aromatic heterocycles. The zero-order chi connectivity index (χ0) is 14.4. The molecule has 0 amide bonds. The number of unbranched alkanes of at least 4 members (excludes halogenated alkanes) is 9. The lowest BCUT2D eigenvalue weighted by Crippen LogP contribution is -2.48. The molecule has 0 heterocycles. The van der Waals surface area contributed by atoms with Crippen molar-refractivity contribution in [2.75, 3.05) is 26.2 Å². The Balaban J connectivity index is -0.00000162. The molecule has 0 radical (unpaired) electrons. The van der Waals surface area contributed by atoms with Crippen molar-refractivity contribution in [3.05, 3.63) is 0 Å². The van der Waals surface area contributed by atoms with Crippen molar-refractivity contribution >= 4 is 12.4 Å². The number of rotatable bonds is 14. The Hall–Kier alpha value is 0.210. The molecule has 0 aliphatic carbocycles. The predicted octanol–water partition coefficient (Wildman–Crippen LogP) is 6.37. The minimum atomic E-state index is 0. The van der Waals surface area contributed by atoms with E-state index >= 15 is 0 Å². The van der Waals surface area contributed by atoms with Gasteiger partial charge in [0.15, 0.2) is 0 Å². The molecule has 0 spiro atoms. The monoisotopic (exact) mass is 323 g/mol. The second-order valence-corrected chi connectivity index (χ2v) is 6.20. The summed E-state index contributed by atoms with van der Waals surface area (Å²) in [5.41, 5.74) is 0. The van der Waals surface area contributed by atoms with E-state index in [1.54, 1.807) is 0 Å². The summed E-state index contributed by atoms with van der Waals surface area (Å²) in [5.74, 6) is 0. The van der Waals surface area contributed by atoms with Gasteiger partial charge >= 0.3 is 0 Å². The Labute approximate surface area is 141 Å². The second kappa shape index (κ2) is 18.3. The summed E-state index contributed by atoms with van der Waals surface area (Å²) in [7, 11) is 0. The van der Waals surface area contributed by atoms with E-state index in [4.69, 9.17) is 0 Å². The highest BCUT2D eigenvalue weighted by Crippen LogP contribution is 2.13. The van der Waals surface area contributed by atoms with Gasteiger partial charge in [0, 0.05) is 0 Å². The van der Waals surface area contributed by atoms with Crippen LogP contribution in [0.15, 0.2) is 0 Å². The van der Waals surface area contributed by atoms with Gasteiger partial charge in [0.1, 0.15) is 0 Å². The summed E-state index contributed by atoms with van der Waals surface area (Å²) >= 11 is 0. The van der Waals surface area contributed by atoms with Crippen LogP contribution in [0.1, 0.15) is 91.9 Å². The lowest BCUT2D eigenvalue weighted by atomic mass is 10.1. The predicted molar refractivity (Wildman–Crippen MR) is 101 cm³/mol.